The van der Waals surface area contributed by atoms with Gasteiger partial charge in [0.25, 0.3) is 0 Å². The van der Waals surface area contributed by atoms with Crippen molar-refractivity contribution in [2.45, 2.75) is 38.6 Å². The quantitative estimate of drug-likeness (QED) is 0.750. The van der Waals surface area contributed by atoms with Gasteiger partial charge < -0.3 is 20.7 Å². The molecule has 1 aliphatic carbocycles. The van der Waals surface area contributed by atoms with Crippen LogP contribution in [-0.2, 0) is 9.53 Å². The van der Waals surface area contributed by atoms with E-state index in [9.17, 15) is 9.59 Å². The first kappa shape index (κ1) is 15.0. The van der Waals surface area contributed by atoms with E-state index in [4.69, 9.17) is 22.7 Å². The number of carbonyl (C=O) groups excluding carboxylic acids is 2. The van der Waals surface area contributed by atoms with Crippen LogP contribution in [0.15, 0.2) is 0 Å². The lowest BCUT2D eigenvalue weighted by Gasteiger charge is -2.32. The highest BCUT2D eigenvalue weighted by atomic mass is 32.1. The van der Waals surface area contributed by atoms with E-state index in [2.05, 4.69) is 5.32 Å². The fourth-order valence-electron chi connectivity index (χ4n) is 2.46. The summed E-state index contributed by atoms with van der Waals surface area (Å²) >= 11 is 4.97. The molecule has 2 aliphatic rings. The molecule has 0 aromatic carbocycles. The zero-order valence-electron chi connectivity index (χ0n) is 11.7. The average Bonchev–Trinajstić information content (AvgIpc) is 3.21. The minimum absolute atomic E-state index is 0.0559. The summed E-state index contributed by atoms with van der Waals surface area (Å²) in [6.45, 7) is 3.37. The molecule has 7 heteroatoms. The van der Waals surface area contributed by atoms with Gasteiger partial charge in [-0.25, -0.2) is 4.79 Å². The Labute approximate surface area is 124 Å². The van der Waals surface area contributed by atoms with Crippen molar-refractivity contribution < 1.29 is 14.3 Å². The third kappa shape index (κ3) is 3.03. The molecule has 2 amide bonds. The molecule has 3 N–H and O–H groups in total. The van der Waals surface area contributed by atoms with Crippen molar-refractivity contribution in [2.24, 2.45) is 11.1 Å². The van der Waals surface area contributed by atoms with Gasteiger partial charge in [0.05, 0.1) is 17.0 Å². The van der Waals surface area contributed by atoms with Crippen LogP contribution in [0.2, 0.25) is 0 Å². The number of hydrogen-bond acceptors (Lipinski definition) is 4. The molecule has 2 fully saturated rings. The second kappa shape index (κ2) is 5.95. The molecule has 20 heavy (non-hydrogen) atoms. The second-order valence-corrected chi connectivity index (χ2v) is 5.82. The third-order valence-corrected chi connectivity index (χ3v) is 4.40. The van der Waals surface area contributed by atoms with Crippen LogP contribution in [0.5, 0.6) is 0 Å². The van der Waals surface area contributed by atoms with Gasteiger partial charge in [0.1, 0.15) is 0 Å². The van der Waals surface area contributed by atoms with Crippen LogP contribution in [0.4, 0.5) is 4.79 Å². The first-order valence-corrected chi connectivity index (χ1v) is 7.43. The molecule has 0 radical (unpaired) electrons. The van der Waals surface area contributed by atoms with E-state index >= 15 is 0 Å². The van der Waals surface area contributed by atoms with Crippen LogP contribution in [0.1, 0.15) is 32.6 Å². The molecular weight excluding hydrogens is 278 g/mol. The molecule has 1 saturated heterocycles. The van der Waals surface area contributed by atoms with Gasteiger partial charge in [-0.2, -0.15) is 0 Å². The van der Waals surface area contributed by atoms with Crippen molar-refractivity contribution in [1.29, 1.82) is 0 Å². The number of rotatable bonds is 4. The van der Waals surface area contributed by atoms with E-state index in [1.165, 1.54) is 0 Å². The summed E-state index contributed by atoms with van der Waals surface area (Å²) in [6, 6.07) is 0.0833. The Bertz CT molecular complexity index is 415. The van der Waals surface area contributed by atoms with E-state index in [-0.39, 0.29) is 18.0 Å². The van der Waals surface area contributed by atoms with Gasteiger partial charge in [0.15, 0.2) is 0 Å². The Kier molecular flexibility index (Phi) is 4.47. The number of hydrogen-bond donors (Lipinski definition) is 2. The molecule has 0 aromatic rings. The lowest BCUT2D eigenvalue weighted by molar-refractivity contribution is -0.125. The molecule has 1 aliphatic heterocycles. The van der Waals surface area contributed by atoms with Gasteiger partial charge in [-0.15, -0.1) is 0 Å². The summed E-state index contributed by atoms with van der Waals surface area (Å²) in [5, 5.41) is 3.01. The van der Waals surface area contributed by atoms with Gasteiger partial charge in [0, 0.05) is 19.1 Å². The predicted molar refractivity (Wildman–Crippen MR) is 78.2 cm³/mol. The van der Waals surface area contributed by atoms with E-state index in [1.807, 2.05) is 0 Å². The summed E-state index contributed by atoms with van der Waals surface area (Å²) in [4.78, 5) is 25.7. The zero-order chi connectivity index (χ0) is 14.8. The Morgan fingerprint density at radius 3 is 2.45 bits per heavy atom. The van der Waals surface area contributed by atoms with E-state index in [0.29, 0.717) is 24.7 Å². The summed E-state index contributed by atoms with van der Waals surface area (Å²) in [6.07, 6.45) is 2.68. The molecule has 0 bridgehead atoms. The summed E-state index contributed by atoms with van der Waals surface area (Å²) in [5.41, 5.74) is 5.03. The molecule has 1 saturated carbocycles. The standard InChI is InChI=1S/C13H21N3O3S/c1-2-19-12(18)16-7-3-9(4-8-16)15-11(17)13(5-6-13)10(14)20/h9H,2-8H2,1H3,(H2,14,20)(H,15,17). The molecule has 2 rings (SSSR count). The van der Waals surface area contributed by atoms with Crippen molar-refractivity contribution in [3.05, 3.63) is 0 Å². The fourth-order valence-corrected chi connectivity index (χ4v) is 2.75. The summed E-state index contributed by atoms with van der Waals surface area (Å²) in [7, 11) is 0. The highest BCUT2D eigenvalue weighted by Crippen LogP contribution is 2.46. The van der Waals surface area contributed by atoms with Crippen molar-refractivity contribution in [3.63, 3.8) is 0 Å². The Balaban J connectivity index is 1.79. The molecular formula is C13H21N3O3S. The van der Waals surface area contributed by atoms with Crippen LogP contribution in [-0.4, -0.2) is 47.6 Å². The van der Waals surface area contributed by atoms with Gasteiger partial charge in [-0.1, -0.05) is 12.2 Å². The maximum absolute atomic E-state index is 12.2. The van der Waals surface area contributed by atoms with Crippen LogP contribution < -0.4 is 11.1 Å². The lowest BCUT2D eigenvalue weighted by Crippen LogP contribution is -2.50. The fraction of sp³-hybridized carbons (Fsp3) is 0.769. The topological polar surface area (TPSA) is 84.7 Å². The van der Waals surface area contributed by atoms with Crippen LogP contribution in [0.3, 0.4) is 0 Å². The minimum atomic E-state index is -0.604. The van der Waals surface area contributed by atoms with Gasteiger partial charge >= 0.3 is 6.09 Å². The molecule has 0 atom stereocenters. The number of likely N-dealkylation sites (tertiary alicyclic amines) is 1. The number of nitrogens with one attached hydrogen (secondary N) is 1. The highest BCUT2D eigenvalue weighted by molar-refractivity contribution is 7.80. The van der Waals surface area contributed by atoms with Crippen LogP contribution >= 0.6 is 12.2 Å². The minimum Gasteiger partial charge on any atom is -0.450 e. The molecule has 0 aromatic heterocycles. The lowest BCUT2D eigenvalue weighted by atomic mass is 10.0. The number of thiocarbonyl (C=S) groups is 1. The average molecular weight is 299 g/mol. The van der Waals surface area contributed by atoms with Crippen LogP contribution in [0, 0.1) is 5.41 Å². The Morgan fingerprint density at radius 2 is 2.00 bits per heavy atom. The number of amides is 2. The number of nitrogens with zero attached hydrogens (tertiary/aromatic N) is 1. The maximum Gasteiger partial charge on any atom is 0.409 e. The van der Waals surface area contributed by atoms with Gasteiger partial charge in [0.2, 0.25) is 5.91 Å². The van der Waals surface area contributed by atoms with Crippen LogP contribution in [0.25, 0.3) is 0 Å². The second-order valence-electron chi connectivity index (χ2n) is 5.38. The van der Waals surface area contributed by atoms with Gasteiger partial charge in [-0.3, -0.25) is 4.79 Å². The molecule has 0 spiro atoms. The number of piperidine rings is 1. The van der Waals surface area contributed by atoms with Crippen molar-refractivity contribution in [2.75, 3.05) is 19.7 Å². The molecule has 112 valence electrons. The van der Waals surface area contributed by atoms with E-state index < -0.39 is 5.41 Å². The molecule has 6 nitrogen and oxygen atoms in total. The third-order valence-electron chi connectivity index (χ3n) is 4.01. The van der Waals surface area contributed by atoms with Crippen molar-refractivity contribution >= 4 is 29.2 Å². The van der Waals surface area contributed by atoms with E-state index in [0.717, 1.165) is 25.7 Å². The molecule has 0 unspecified atom stereocenters. The first-order chi connectivity index (χ1) is 9.49. The van der Waals surface area contributed by atoms with Crippen molar-refractivity contribution in [3.8, 4) is 0 Å². The van der Waals surface area contributed by atoms with E-state index in [1.54, 1.807) is 11.8 Å². The Morgan fingerprint density at radius 1 is 1.40 bits per heavy atom. The monoisotopic (exact) mass is 299 g/mol. The molecule has 1 heterocycles. The summed E-state index contributed by atoms with van der Waals surface area (Å²) in [5.74, 6) is -0.0559. The summed E-state index contributed by atoms with van der Waals surface area (Å²) < 4.78 is 4.96. The SMILES string of the molecule is CCOC(=O)N1CCC(NC(=O)C2(C(N)=S)CC2)CC1. The number of nitrogens with two attached hydrogens (primary N) is 1. The predicted octanol–water partition coefficient (Wildman–Crippen LogP) is 0.790. The Hall–Kier alpha value is -1.37. The first-order valence-electron chi connectivity index (χ1n) is 7.02. The number of ether oxygens (including phenoxy) is 1. The largest absolute Gasteiger partial charge is 0.450 e. The number of carbonyl (C=O) groups is 2. The zero-order valence-corrected chi connectivity index (χ0v) is 12.5. The maximum atomic E-state index is 12.2. The highest BCUT2D eigenvalue weighted by Gasteiger charge is 2.53. The smallest absolute Gasteiger partial charge is 0.409 e. The van der Waals surface area contributed by atoms with Gasteiger partial charge in [-0.05, 0) is 32.6 Å². The normalized spacial score (nSPS) is 21.1. The van der Waals surface area contributed by atoms with Crippen molar-refractivity contribution in [1.82, 2.24) is 10.2 Å².